The van der Waals surface area contributed by atoms with E-state index in [1.165, 1.54) is 5.56 Å². The highest BCUT2D eigenvalue weighted by Crippen LogP contribution is 2.49. The second-order valence-electron chi connectivity index (χ2n) is 4.36. The van der Waals surface area contributed by atoms with Gasteiger partial charge in [-0.15, -0.1) is 0 Å². The molecule has 1 aromatic rings. The van der Waals surface area contributed by atoms with E-state index in [-0.39, 0.29) is 0 Å². The van der Waals surface area contributed by atoms with Crippen LogP contribution in [0.15, 0.2) is 22.7 Å². The van der Waals surface area contributed by atoms with Crippen molar-refractivity contribution in [2.45, 2.75) is 26.2 Å². The lowest BCUT2D eigenvalue weighted by atomic mass is 9.96. The van der Waals surface area contributed by atoms with Gasteiger partial charge in [0.2, 0.25) is 0 Å². The van der Waals surface area contributed by atoms with Crippen LogP contribution in [0.4, 0.5) is 0 Å². The van der Waals surface area contributed by atoms with Gasteiger partial charge >= 0.3 is 5.97 Å². The first-order valence-corrected chi connectivity index (χ1v) is 5.81. The normalized spacial score (nSPS) is 17.5. The first kappa shape index (κ1) is 10.7. The first-order chi connectivity index (χ1) is 7.03. The summed E-state index contributed by atoms with van der Waals surface area (Å²) in [4.78, 5) is 11.1. The molecule has 0 aliphatic heterocycles. The molecule has 0 radical (unpaired) electrons. The molecule has 2 rings (SSSR count). The van der Waals surface area contributed by atoms with Crippen LogP contribution in [0.3, 0.4) is 0 Å². The number of carboxylic acids is 1. The van der Waals surface area contributed by atoms with E-state index < -0.39 is 11.4 Å². The molecule has 3 heteroatoms. The van der Waals surface area contributed by atoms with Gasteiger partial charge in [0.15, 0.2) is 0 Å². The zero-order chi connectivity index (χ0) is 11.1. The Kier molecular flexibility index (Phi) is 2.59. The topological polar surface area (TPSA) is 37.3 Å². The van der Waals surface area contributed by atoms with E-state index in [0.717, 1.165) is 22.9 Å². The Morgan fingerprint density at radius 3 is 2.73 bits per heavy atom. The van der Waals surface area contributed by atoms with Gasteiger partial charge < -0.3 is 5.11 Å². The fourth-order valence-corrected chi connectivity index (χ4v) is 2.21. The second kappa shape index (κ2) is 3.63. The smallest absolute Gasteiger partial charge is 0.309 e. The number of hydrogen-bond donors (Lipinski definition) is 1. The number of halogens is 1. The molecule has 1 aliphatic rings. The van der Waals surface area contributed by atoms with Gasteiger partial charge in [0, 0.05) is 4.47 Å². The maximum Gasteiger partial charge on any atom is 0.309 e. The van der Waals surface area contributed by atoms with Gasteiger partial charge in [-0.05, 0) is 37.8 Å². The van der Waals surface area contributed by atoms with Crippen molar-refractivity contribution in [1.82, 2.24) is 0 Å². The number of carboxylic acid groups (broad SMARTS) is 1. The van der Waals surface area contributed by atoms with Crippen molar-refractivity contribution < 1.29 is 9.90 Å². The number of aryl methyl sites for hydroxylation is 1. The minimum Gasteiger partial charge on any atom is -0.481 e. The summed E-state index contributed by atoms with van der Waals surface area (Å²) in [6.07, 6.45) is 2.26. The average molecular weight is 269 g/mol. The number of carbonyl (C=O) groups is 1. The van der Waals surface area contributed by atoms with Gasteiger partial charge in [-0.2, -0.15) is 0 Å². The standard InChI is InChI=1S/C12H13BrO2/c1-8-2-3-10(13)9(6-8)7-12(4-5-12)11(14)15/h2-3,6H,4-5,7H2,1H3,(H,14,15). The van der Waals surface area contributed by atoms with Crippen molar-refractivity contribution >= 4 is 21.9 Å². The molecule has 1 N–H and O–H groups in total. The summed E-state index contributed by atoms with van der Waals surface area (Å²) >= 11 is 3.47. The Balaban J connectivity index is 2.24. The summed E-state index contributed by atoms with van der Waals surface area (Å²) < 4.78 is 1.01. The average Bonchev–Trinajstić information content (AvgIpc) is 2.92. The third-order valence-corrected chi connectivity index (χ3v) is 3.81. The van der Waals surface area contributed by atoms with E-state index in [9.17, 15) is 4.79 Å². The van der Waals surface area contributed by atoms with Crippen LogP contribution in [0.2, 0.25) is 0 Å². The van der Waals surface area contributed by atoms with Crippen LogP contribution in [-0.4, -0.2) is 11.1 Å². The second-order valence-corrected chi connectivity index (χ2v) is 5.21. The number of benzene rings is 1. The van der Waals surface area contributed by atoms with Crippen LogP contribution in [0, 0.1) is 12.3 Å². The Morgan fingerprint density at radius 2 is 2.20 bits per heavy atom. The molecule has 0 heterocycles. The molecule has 80 valence electrons. The molecule has 2 nitrogen and oxygen atoms in total. The van der Waals surface area contributed by atoms with Gasteiger partial charge in [0.25, 0.3) is 0 Å². The molecule has 0 aromatic heterocycles. The van der Waals surface area contributed by atoms with Crippen LogP contribution in [0.1, 0.15) is 24.0 Å². The SMILES string of the molecule is Cc1ccc(Br)c(CC2(C(=O)O)CC2)c1. The largest absolute Gasteiger partial charge is 0.481 e. The van der Waals surface area contributed by atoms with Crippen LogP contribution in [0.25, 0.3) is 0 Å². The lowest BCUT2D eigenvalue weighted by Gasteiger charge is -2.11. The van der Waals surface area contributed by atoms with Crippen molar-refractivity contribution in [3.63, 3.8) is 0 Å². The molecule has 0 amide bonds. The zero-order valence-corrected chi connectivity index (χ0v) is 10.2. The first-order valence-electron chi connectivity index (χ1n) is 5.02. The van der Waals surface area contributed by atoms with E-state index in [2.05, 4.69) is 22.0 Å². The molecule has 0 bridgehead atoms. The van der Waals surface area contributed by atoms with E-state index in [1.54, 1.807) is 0 Å². The quantitative estimate of drug-likeness (QED) is 0.915. The third kappa shape index (κ3) is 2.07. The molecule has 0 saturated heterocycles. The van der Waals surface area contributed by atoms with Crippen LogP contribution in [-0.2, 0) is 11.2 Å². The predicted octanol–water partition coefficient (Wildman–Crippen LogP) is 3.16. The maximum atomic E-state index is 11.1. The van der Waals surface area contributed by atoms with Crippen molar-refractivity contribution in [1.29, 1.82) is 0 Å². The monoisotopic (exact) mass is 268 g/mol. The van der Waals surface area contributed by atoms with Gasteiger partial charge in [0.05, 0.1) is 5.41 Å². The van der Waals surface area contributed by atoms with Crippen LogP contribution >= 0.6 is 15.9 Å². The molecule has 1 fully saturated rings. The molecular weight excluding hydrogens is 256 g/mol. The predicted molar refractivity (Wildman–Crippen MR) is 61.9 cm³/mol. The van der Waals surface area contributed by atoms with Crippen LogP contribution in [0.5, 0.6) is 0 Å². The highest BCUT2D eigenvalue weighted by molar-refractivity contribution is 9.10. The Bertz CT molecular complexity index is 408. The number of aliphatic carboxylic acids is 1. The highest BCUT2D eigenvalue weighted by atomic mass is 79.9. The highest BCUT2D eigenvalue weighted by Gasteiger charge is 2.50. The third-order valence-electron chi connectivity index (χ3n) is 3.04. The molecule has 0 spiro atoms. The van der Waals surface area contributed by atoms with E-state index >= 15 is 0 Å². The maximum absolute atomic E-state index is 11.1. The summed E-state index contributed by atoms with van der Waals surface area (Å²) in [5.74, 6) is -0.657. The summed E-state index contributed by atoms with van der Waals surface area (Å²) in [6.45, 7) is 2.02. The summed E-state index contributed by atoms with van der Waals surface area (Å²) in [5.41, 5.74) is 1.81. The molecule has 15 heavy (non-hydrogen) atoms. The Hall–Kier alpha value is -0.830. The Morgan fingerprint density at radius 1 is 1.53 bits per heavy atom. The molecule has 0 unspecified atom stereocenters. The van der Waals surface area contributed by atoms with Gasteiger partial charge in [-0.3, -0.25) is 4.79 Å². The van der Waals surface area contributed by atoms with Crippen molar-refractivity contribution in [3.05, 3.63) is 33.8 Å². The van der Waals surface area contributed by atoms with Crippen molar-refractivity contribution in [2.24, 2.45) is 5.41 Å². The molecule has 1 aliphatic carbocycles. The van der Waals surface area contributed by atoms with E-state index in [4.69, 9.17) is 5.11 Å². The fourth-order valence-electron chi connectivity index (χ4n) is 1.82. The van der Waals surface area contributed by atoms with Crippen LogP contribution < -0.4 is 0 Å². The lowest BCUT2D eigenvalue weighted by molar-refractivity contribution is -0.143. The molecule has 1 aromatic carbocycles. The van der Waals surface area contributed by atoms with E-state index in [0.29, 0.717) is 6.42 Å². The van der Waals surface area contributed by atoms with Crippen molar-refractivity contribution in [2.75, 3.05) is 0 Å². The summed E-state index contributed by atoms with van der Waals surface area (Å²) in [5, 5.41) is 9.11. The Labute approximate surface area is 97.4 Å². The van der Waals surface area contributed by atoms with Gasteiger partial charge in [-0.25, -0.2) is 0 Å². The minimum absolute atomic E-state index is 0.476. The molecule has 1 saturated carbocycles. The summed E-state index contributed by atoms with van der Waals surface area (Å²) in [7, 11) is 0. The van der Waals surface area contributed by atoms with Gasteiger partial charge in [-0.1, -0.05) is 33.6 Å². The molecular formula is C12H13BrO2. The van der Waals surface area contributed by atoms with E-state index in [1.807, 2.05) is 19.1 Å². The number of rotatable bonds is 3. The van der Waals surface area contributed by atoms with Crippen molar-refractivity contribution in [3.8, 4) is 0 Å². The lowest BCUT2D eigenvalue weighted by Crippen LogP contribution is -2.17. The number of hydrogen-bond acceptors (Lipinski definition) is 1. The summed E-state index contributed by atoms with van der Waals surface area (Å²) in [6, 6.07) is 6.07. The minimum atomic E-state index is -0.657. The fraction of sp³-hybridized carbons (Fsp3) is 0.417. The molecule has 0 atom stereocenters. The zero-order valence-electron chi connectivity index (χ0n) is 8.59. The van der Waals surface area contributed by atoms with Gasteiger partial charge in [0.1, 0.15) is 0 Å².